The number of rotatable bonds is 13. The van der Waals surface area contributed by atoms with E-state index in [1.807, 2.05) is 0 Å². The molecule has 0 aliphatic rings. The molecule has 0 heterocycles. The Balaban J connectivity index is 2.83. The van der Waals surface area contributed by atoms with Crippen molar-refractivity contribution in [3.05, 3.63) is 0 Å². The Morgan fingerprint density at radius 1 is 0.688 bits per heavy atom. The van der Waals surface area contributed by atoms with Gasteiger partial charge in [0.25, 0.3) is 0 Å². The van der Waals surface area contributed by atoms with E-state index < -0.39 is 0 Å². The van der Waals surface area contributed by atoms with E-state index in [1.54, 1.807) is 0 Å². The lowest BCUT2D eigenvalue weighted by atomic mass is 10.1. The van der Waals surface area contributed by atoms with Gasteiger partial charge < -0.3 is 4.74 Å². The average molecular weight is 246 g/mol. The highest BCUT2D eigenvalue weighted by Crippen LogP contribution is 2.10. The van der Waals surface area contributed by atoms with Gasteiger partial charge in [-0.05, 0) is 25.5 Å². The second-order valence-electron chi connectivity index (χ2n) is 4.46. The number of thiol groups is 1. The van der Waals surface area contributed by atoms with Crippen LogP contribution in [0.1, 0.15) is 71.1 Å². The van der Waals surface area contributed by atoms with Gasteiger partial charge in [0.1, 0.15) is 0 Å². The lowest BCUT2D eigenvalue weighted by molar-refractivity contribution is 0.143. The highest BCUT2D eigenvalue weighted by molar-refractivity contribution is 7.80. The molecule has 0 rings (SSSR count). The maximum Gasteiger partial charge on any atom is 0.0465 e. The zero-order valence-corrected chi connectivity index (χ0v) is 11.9. The predicted octanol–water partition coefficient (Wildman–Crippen LogP) is 4.85. The largest absolute Gasteiger partial charge is 0.382 e. The van der Waals surface area contributed by atoms with Crippen LogP contribution in [0.25, 0.3) is 0 Å². The molecule has 0 aromatic heterocycles. The summed E-state index contributed by atoms with van der Waals surface area (Å²) >= 11 is 4.22. The molecule has 0 saturated carbocycles. The van der Waals surface area contributed by atoms with Gasteiger partial charge in [-0.3, -0.25) is 0 Å². The summed E-state index contributed by atoms with van der Waals surface area (Å²) in [6, 6.07) is 0. The van der Waals surface area contributed by atoms with Crippen molar-refractivity contribution in [3.8, 4) is 0 Å². The van der Waals surface area contributed by atoms with Gasteiger partial charge in [0.05, 0.1) is 0 Å². The minimum Gasteiger partial charge on any atom is -0.382 e. The molecule has 0 bridgehead atoms. The summed E-state index contributed by atoms with van der Waals surface area (Å²) < 4.78 is 5.31. The highest BCUT2D eigenvalue weighted by atomic mass is 32.1. The van der Waals surface area contributed by atoms with Gasteiger partial charge in [-0.1, -0.05) is 51.4 Å². The molecule has 0 aromatic carbocycles. The first kappa shape index (κ1) is 16.3. The summed E-state index contributed by atoms with van der Waals surface area (Å²) in [6.45, 7) is 3.89. The quantitative estimate of drug-likeness (QED) is 0.361. The number of hydrogen-bond donors (Lipinski definition) is 1. The minimum atomic E-state index is 0.867. The molecule has 0 radical (unpaired) electrons. The third-order valence-electron chi connectivity index (χ3n) is 2.90. The molecule has 98 valence electrons. The third kappa shape index (κ3) is 14.3. The van der Waals surface area contributed by atoms with Crippen molar-refractivity contribution < 1.29 is 4.74 Å². The van der Waals surface area contributed by atoms with Crippen molar-refractivity contribution in [2.24, 2.45) is 0 Å². The van der Waals surface area contributed by atoms with E-state index in [4.69, 9.17) is 4.74 Å². The van der Waals surface area contributed by atoms with Crippen molar-refractivity contribution >= 4 is 12.6 Å². The second kappa shape index (κ2) is 15.3. The van der Waals surface area contributed by atoms with Crippen LogP contribution in [0.15, 0.2) is 0 Å². The maximum absolute atomic E-state index is 5.31. The van der Waals surface area contributed by atoms with Gasteiger partial charge in [0, 0.05) is 13.2 Å². The SMILES string of the molecule is CCOCCCCCCCCCCCCS. The smallest absolute Gasteiger partial charge is 0.0465 e. The summed E-state index contributed by atoms with van der Waals surface area (Å²) in [7, 11) is 0. The van der Waals surface area contributed by atoms with Crippen LogP contribution in [0, 0.1) is 0 Å². The molecule has 0 saturated heterocycles. The van der Waals surface area contributed by atoms with Crippen molar-refractivity contribution in [3.63, 3.8) is 0 Å². The van der Waals surface area contributed by atoms with Crippen molar-refractivity contribution in [2.75, 3.05) is 19.0 Å². The normalized spacial score (nSPS) is 10.9. The van der Waals surface area contributed by atoms with Crippen LogP contribution in [0.5, 0.6) is 0 Å². The van der Waals surface area contributed by atoms with Crippen molar-refractivity contribution in [1.29, 1.82) is 0 Å². The van der Waals surface area contributed by atoms with Crippen LogP contribution >= 0.6 is 12.6 Å². The molecule has 0 aliphatic heterocycles. The lowest BCUT2D eigenvalue weighted by Crippen LogP contribution is -1.92. The molecule has 0 atom stereocenters. The molecule has 0 aliphatic carbocycles. The van der Waals surface area contributed by atoms with E-state index in [9.17, 15) is 0 Å². The van der Waals surface area contributed by atoms with Gasteiger partial charge in [-0.2, -0.15) is 12.6 Å². The van der Waals surface area contributed by atoms with Gasteiger partial charge in [0.2, 0.25) is 0 Å². The number of ether oxygens (including phenoxy) is 1. The fourth-order valence-corrected chi connectivity index (χ4v) is 2.10. The first-order chi connectivity index (χ1) is 7.91. The van der Waals surface area contributed by atoms with Gasteiger partial charge in [0.15, 0.2) is 0 Å². The molecule has 16 heavy (non-hydrogen) atoms. The molecule has 0 unspecified atom stereocenters. The Labute approximate surface area is 108 Å². The molecule has 0 aromatic rings. The molecule has 1 nitrogen and oxygen atoms in total. The van der Waals surface area contributed by atoms with Crippen molar-refractivity contribution in [1.82, 2.24) is 0 Å². The molecular weight excluding hydrogens is 216 g/mol. The van der Waals surface area contributed by atoms with Crippen LogP contribution in [-0.2, 0) is 4.74 Å². The summed E-state index contributed by atoms with van der Waals surface area (Å²) in [5, 5.41) is 0. The molecule has 0 spiro atoms. The van der Waals surface area contributed by atoms with Crippen molar-refractivity contribution in [2.45, 2.75) is 71.1 Å². The topological polar surface area (TPSA) is 9.23 Å². The zero-order valence-electron chi connectivity index (χ0n) is 11.0. The first-order valence-corrected chi connectivity index (χ1v) is 7.73. The Bertz CT molecular complexity index is 103. The van der Waals surface area contributed by atoms with Crippen LogP contribution in [-0.4, -0.2) is 19.0 Å². The Hall–Kier alpha value is 0.310. The predicted molar refractivity (Wildman–Crippen MR) is 76.5 cm³/mol. The van der Waals surface area contributed by atoms with Crippen LogP contribution in [0.2, 0.25) is 0 Å². The fourth-order valence-electron chi connectivity index (χ4n) is 1.87. The van der Waals surface area contributed by atoms with E-state index in [1.165, 1.54) is 64.2 Å². The van der Waals surface area contributed by atoms with E-state index >= 15 is 0 Å². The van der Waals surface area contributed by atoms with Crippen LogP contribution in [0.4, 0.5) is 0 Å². The Kier molecular flexibility index (Phi) is 15.6. The van der Waals surface area contributed by atoms with E-state index in [2.05, 4.69) is 19.6 Å². The molecule has 0 N–H and O–H groups in total. The molecule has 2 heteroatoms. The maximum atomic E-state index is 5.31. The molecular formula is C14H30OS. The van der Waals surface area contributed by atoms with Crippen LogP contribution < -0.4 is 0 Å². The van der Waals surface area contributed by atoms with Gasteiger partial charge >= 0.3 is 0 Å². The monoisotopic (exact) mass is 246 g/mol. The highest BCUT2D eigenvalue weighted by Gasteiger charge is 1.92. The standard InChI is InChI=1S/C14H30OS/c1-2-15-13-11-9-7-5-3-4-6-8-10-12-14-16/h16H,2-14H2,1H3. The molecule has 0 amide bonds. The minimum absolute atomic E-state index is 0.867. The summed E-state index contributed by atoms with van der Waals surface area (Å²) in [6.07, 6.45) is 13.8. The Morgan fingerprint density at radius 3 is 1.56 bits per heavy atom. The third-order valence-corrected chi connectivity index (χ3v) is 3.22. The fraction of sp³-hybridized carbons (Fsp3) is 1.00. The number of unbranched alkanes of at least 4 members (excludes halogenated alkanes) is 9. The molecule has 0 fully saturated rings. The second-order valence-corrected chi connectivity index (χ2v) is 4.90. The average Bonchev–Trinajstić information content (AvgIpc) is 2.31. The summed E-state index contributed by atoms with van der Waals surface area (Å²) in [4.78, 5) is 0. The van der Waals surface area contributed by atoms with Gasteiger partial charge in [-0.25, -0.2) is 0 Å². The summed E-state index contributed by atoms with van der Waals surface area (Å²) in [5.74, 6) is 1.06. The lowest BCUT2D eigenvalue weighted by Gasteiger charge is -2.02. The van der Waals surface area contributed by atoms with E-state index in [0.717, 1.165) is 19.0 Å². The zero-order chi connectivity index (χ0) is 11.9. The van der Waals surface area contributed by atoms with Crippen LogP contribution in [0.3, 0.4) is 0 Å². The number of hydrogen-bond acceptors (Lipinski definition) is 2. The van der Waals surface area contributed by atoms with Gasteiger partial charge in [-0.15, -0.1) is 0 Å². The Morgan fingerprint density at radius 2 is 1.12 bits per heavy atom. The summed E-state index contributed by atoms with van der Waals surface area (Å²) in [5.41, 5.74) is 0. The van der Waals surface area contributed by atoms with E-state index in [-0.39, 0.29) is 0 Å². The first-order valence-electron chi connectivity index (χ1n) is 7.10. The van der Waals surface area contributed by atoms with E-state index in [0.29, 0.717) is 0 Å².